The molecule has 0 saturated carbocycles. The molecule has 5 heteroatoms. The summed E-state index contributed by atoms with van der Waals surface area (Å²) in [6, 6.07) is 0. The van der Waals surface area contributed by atoms with Gasteiger partial charge in [0.2, 0.25) is 0 Å². The predicted molar refractivity (Wildman–Crippen MR) is 62.3 cm³/mol. The molecule has 0 N–H and O–H groups in total. The number of ether oxygens (including phenoxy) is 1. The molecule has 0 aromatic carbocycles. The minimum atomic E-state index is -0.357. The van der Waals surface area contributed by atoms with Crippen LogP contribution in [0, 0.1) is 6.92 Å². The number of methoxy groups -OCH3 is 1. The van der Waals surface area contributed by atoms with Crippen molar-refractivity contribution in [1.82, 2.24) is 4.98 Å². The van der Waals surface area contributed by atoms with E-state index in [1.165, 1.54) is 7.11 Å². The van der Waals surface area contributed by atoms with Gasteiger partial charge in [-0.2, -0.15) is 0 Å². The van der Waals surface area contributed by atoms with E-state index in [1.807, 2.05) is 25.9 Å². The van der Waals surface area contributed by atoms with Crippen molar-refractivity contribution in [2.45, 2.75) is 6.92 Å². The van der Waals surface area contributed by atoms with Gasteiger partial charge in [0.1, 0.15) is 5.82 Å². The molecule has 0 aliphatic rings. The van der Waals surface area contributed by atoms with Crippen molar-refractivity contribution in [2.24, 2.45) is 0 Å². The smallest absolute Gasteiger partial charge is 0.339 e. The zero-order valence-electron chi connectivity index (χ0n) is 9.17. The van der Waals surface area contributed by atoms with E-state index in [-0.39, 0.29) is 5.97 Å². The number of nitrogens with zero attached hydrogens (tertiary/aromatic N) is 2. The first kappa shape index (κ1) is 12.0. The van der Waals surface area contributed by atoms with Gasteiger partial charge in [0, 0.05) is 25.9 Å². The number of hydrogen-bond acceptors (Lipinski definition) is 4. The standard InChI is InChI=1S/C10H13BrN2O2/c1-6-8(10(14)15-4)7(11)5-12-9(6)13(2)3/h5H,1-4H3. The Morgan fingerprint density at radius 3 is 2.60 bits per heavy atom. The quantitative estimate of drug-likeness (QED) is 0.773. The molecule has 4 nitrogen and oxygen atoms in total. The summed E-state index contributed by atoms with van der Waals surface area (Å²) in [7, 11) is 5.12. The van der Waals surface area contributed by atoms with Crippen LogP contribution in [0.1, 0.15) is 15.9 Å². The van der Waals surface area contributed by atoms with E-state index in [4.69, 9.17) is 4.74 Å². The monoisotopic (exact) mass is 272 g/mol. The highest BCUT2D eigenvalue weighted by molar-refractivity contribution is 9.10. The van der Waals surface area contributed by atoms with Crippen LogP contribution in [0.15, 0.2) is 10.7 Å². The molecule has 0 fully saturated rings. The topological polar surface area (TPSA) is 42.4 Å². The van der Waals surface area contributed by atoms with E-state index in [0.717, 1.165) is 11.4 Å². The van der Waals surface area contributed by atoms with Crippen LogP contribution in [0.2, 0.25) is 0 Å². The molecule has 0 spiro atoms. The zero-order valence-corrected chi connectivity index (χ0v) is 10.8. The average Bonchev–Trinajstić information content (AvgIpc) is 2.16. The lowest BCUT2D eigenvalue weighted by atomic mass is 10.1. The molecule has 1 heterocycles. The van der Waals surface area contributed by atoms with Crippen molar-refractivity contribution >= 4 is 27.7 Å². The van der Waals surface area contributed by atoms with Crippen molar-refractivity contribution in [3.63, 3.8) is 0 Å². The van der Waals surface area contributed by atoms with E-state index < -0.39 is 0 Å². The molecule has 0 saturated heterocycles. The van der Waals surface area contributed by atoms with E-state index in [1.54, 1.807) is 6.20 Å². The lowest BCUT2D eigenvalue weighted by Crippen LogP contribution is -2.15. The third-order valence-electron chi connectivity index (χ3n) is 2.06. The summed E-state index contributed by atoms with van der Waals surface area (Å²) >= 11 is 3.29. The van der Waals surface area contributed by atoms with Crippen LogP contribution in [0.4, 0.5) is 5.82 Å². The number of rotatable bonds is 2. The molecule has 0 bridgehead atoms. The fraction of sp³-hybridized carbons (Fsp3) is 0.400. The minimum absolute atomic E-state index is 0.357. The van der Waals surface area contributed by atoms with Crippen molar-refractivity contribution in [1.29, 1.82) is 0 Å². The van der Waals surface area contributed by atoms with Crippen LogP contribution in [0.3, 0.4) is 0 Å². The van der Waals surface area contributed by atoms with Gasteiger partial charge in [-0.15, -0.1) is 0 Å². The van der Waals surface area contributed by atoms with Gasteiger partial charge in [0.05, 0.1) is 17.1 Å². The summed E-state index contributed by atoms with van der Waals surface area (Å²) in [6.07, 6.45) is 1.61. The molecule has 0 radical (unpaired) electrons. The van der Waals surface area contributed by atoms with Gasteiger partial charge in [0.25, 0.3) is 0 Å². The summed E-state index contributed by atoms with van der Waals surface area (Å²) < 4.78 is 5.37. The molecular formula is C10H13BrN2O2. The maximum absolute atomic E-state index is 11.5. The van der Waals surface area contributed by atoms with E-state index >= 15 is 0 Å². The molecule has 0 amide bonds. The lowest BCUT2D eigenvalue weighted by Gasteiger charge is -2.16. The number of pyridine rings is 1. The number of halogens is 1. The first-order chi connectivity index (χ1) is 6.99. The zero-order chi connectivity index (χ0) is 11.6. The van der Waals surface area contributed by atoms with Crippen LogP contribution in [0.5, 0.6) is 0 Å². The average molecular weight is 273 g/mol. The fourth-order valence-electron chi connectivity index (χ4n) is 1.37. The Kier molecular flexibility index (Phi) is 3.68. The Morgan fingerprint density at radius 2 is 2.13 bits per heavy atom. The highest BCUT2D eigenvalue weighted by Crippen LogP contribution is 2.26. The molecular weight excluding hydrogens is 260 g/mol. The fourth-order valence-corrected chi connectivity index (χ4v) is 1.94. The van der Waals surface area contributed by atoms with E-state index in [0.29, 0.717) is 10.0 Å². The molecule has 1 aromatic heterocycles. The van der Waals surface area contributed by atoms with Crippen molar-refractivity contribution < 1.29 is 9.53 Å². The molecule has 0 aliphatic heterocycles. The Balaban J connectivity index is 3.36. The maximum Gasteiger partial charge on any atom is 0.339 e. The van der Waals surface area contributed by atoms with Gasteiger partial charge >= 0.3 is 5.97 Å². The molecule has 0 atom stereocenters. The van der Waals surface area contributed by atoms with E-state index in [9.17, 15) is 4.79 Å². The van der Waals surface area contributed by atoms with Gasteiger partial charge in [-0.3, -0.25) is 0 Å². The van der Waals surface area contributed by atoms with Crippen molar-refractivity contribution in [2.75, 3.05) is 26.1 Å². The molecule has 82 valence electrons. The van der Waals surface area contributed by atoms with Gasteiger partial charge in [-0.25, -0.2) is 9.78 Å². The third-order valence-corrected chi connectivity index (χ3v) is 2.66. The second kappa shape index (κ2) is 4.61. The molecule has 15 heavy (non-hydrogen) atoms. The Hall–Kier alpha value is -1.10. The Morgan fingerprint density at radius 1 is 1.53 bits per heavy atom. The summed E-state index contributed by atoms with van der Waals surface area (Å²) in [5.74, 6) is 0.406. The van der Waals surface area contributed by atoms with Crippen LogP contribution in [0.25, 0.3) is 0 Å². The van der Waals surface area contributed by atoms with Crippen LogP contribution in [-0.4, -0.2) is 32.2 Å². The highest BCUT2D eigenvalue weighted by Gasteiger charge is 2.18. The molecule has 0 unspecified atom stereocenters. The Labute approximate surface area is 97.4 Å². The van der Waals surface area contributed by atoms with Gasteiger partial charge < -0.3 is 9.64 Å². The maximum atomic E-state index is 11.5. The number of anilines is 1. The molecule has 0 aliphatic carbocycles. The molecule has 1 rings (SSSR count). The predicted octanol–water partition coefficient (Wildman–Crippen LogP) is 2.01. The van der Waals surface area contributed by atoms with Crippen LogP contribution >= 0.6 is 15.9 Å². The van der Waals surface area contributed by atoms with Crippen LogP contribution in [-0.2, 0) is 4.74 Å². The number of aromatic nitrogens is 1. The second-order valence-corrected chi connectivity index (χ2v) is 4.17. The number of esters is 1. The largest absolute Gasteiger partial charge is 0.465 e. The van der Waals surface area contributed by atoms with Crippen molar-refractivity contribution in [3.05, 3.63) is 21.8 Å². The van der Waals surface area contributed by atoms with Gasteiger partial charge in [0.15, 0.2) is 0 Å². The number of hydrogen-bond donors (Lipinski definition) is 0. The number of carbonyl (C=O) groups is 1. The first-order valence-electron chi connectivity index (χ1n) is 4.39. The minimum Gasteiger partial charge on any atom is -0.465 e. The van der Waals surface area contributed by atoms with Crippen molar-refractivity contribution in [3.8, 4) is 0 Å². The number of carbonyl (C=O) groups excluding carboxylic acids is 1. The summed E-state index contributed by atoms with van der Waals surface area (Å²) in [4.78, 5) is 17.6. The summed E-state index contributed by atoms with van der Waals surface area (Å²) in [5, 5.41) is 0. The van der Waals surface area contributed by atoms with E-state index in [2.05, 4.69) is 20.9 Å². The SMILES string of the molecule is COC(=O)c1c(Br)cnc(N(C)C)c1C. The molecule has 1 aromatic rings. The lowest BCUT2D eigenvalue weighted by molar-refractivity contribution is 0.0599. The first-order valence-corrected chi connectivity index (χ1v) is 5.19. The normalized spacial score (nSPS) is 9.93. The van der Waals surface area contributed by atoms with Gasteiger partial charge in [-0.1, -0.05) is 0 Å². The van der Waals surface area contributed by atoms with Gasteiger partial charge in [-0.05, 0) is 22.9 Å². The van der Waals surface area contributed by atoms with Crippen LogP contribution < -0.4 is 4.90 Å². The second-order valence-electron chi connectivity index (χ2n) is 3.32. The Bertz CT molecular complexity index is 391. The summed E-state index contributed by atoms with van der Waals surface area (Å²) in [5.41, 5.74) is 1.33. The third kappa shape index (κ3) is 2.28. The highest BCUT2D eigenvalue weighted by atomic mass is 79.9. The summed E-state index contributed by atoms with van der Waals surface area (Å²) in [6.45, 7) is 1.85.